The zero-order chi connectivity index (χ0) is 44.6. The van der Waals surface area contributed by atoms with Crippen LogP contribution >= 0.6 is 22.7 Å². The number of likely N-dealkylation sites (tertiary alicyclic amines) is 1. The first-order valence-electron chi connectivity index (χ1n) is 18.2. The Hall–Kier alpha value is -4.68. The molecule has 6 N–H and O–H groups in total. The van der Waals surface area contributed by atoms with Gasteiger partial charge in [0.2, 0.25) is 0 Å². The lowest BCUT2D eigenvalue weighted by atomic mass is 9.89. The number of aromatic amines is 1. The van der Waals surface area contributed by atoms with Gasteiger partial charge < -0.3 is 40.4 Å². The average molecular weight is 898 g/mol. The molecule has 60 heavy (non-hydrogen) atoms. The molecule has 1 atom stereocenters. The molecule has 14 nitrogen and oxygen atoms in total. The first-order valence-corrected chi connectivity index (χ1v) is 19.9. The van der Waals surface area contributed by atoms with Crippen LogP contribution in [-0.2, 0) is 27.3 Å². The molecule has 4 heterocycles. The van der Waals surface area contributed by atoms with Crippen LogP contribution in [0.2, 0.25) is 0 Å². The summed E-state index contributed by atoms with van der Waals surface area (Å²) >= 11 is 2.36. The zero-order valence-corrected chi connectivity index (χ0v) is 33.7. The minimum Gasteiger partial charge on any atom is -0.506 e. The smallest absolute Gasteiger partial charge is 0.490 e. The van der Waals surface area contributed by atoms with Crippen molar-refractivity contribution in [2.24, 2.45) is 0 Å². The van der Waals surface area contributed by atoms with E-state index in [0.717, 1.165) is 54.1 Å². The summed E-state index contributed by atoms with van der Waals surface area (Å²) in [4.78, 5) is 53.9. The average Bonchev–Trinajstić information content (AvgIpc) is 3.82. The number of nitrogens with zero attached hydrogens (tertiary/aromatic N) is 3. The van der Waals surface area contributed by atoms with E-state index in [9.17, 15) is 50.5 Å². The van der Waals surface area contributed by atoms with Gasteiger partial charge in [-0.05, 0) is 61.1 Å². The summed E-state index contributed by atoms with van der Waals surface area (Å²) in [7, 11) is 0. The number of carboxylic acid groups (broad SMARTS) is 2. The number of aromatic nitrogens is 2. The number of phenolic OH excluding ortho intramolecular Hbond substituents is 1. The van der Waals surface area contributed by atoms with Crippen molar-refractivity contribution in [3.8, 4) is 5.75 Å². The second-order valence-corrected chi connectivity index (χ2v) is 16.0. The fraction of sp³-hybridized carbons (Fsp3) is 0.486. The molecule has 0 unspecified atom stereocenters. The number of alkyl halides is 6. The number of aromatic hydroxyl groups is 1. The van der Waals surface area contributed by atoms with Gasteiger partial charge in [-0.2, -0.15) is 26.3 Å². The topological polar surface area (TPSA) is 206 Å². The van der Waals surface area contributed by atoms with Crippen molar-refractivity contribution in [2.45, 2.75) is 69.6 Å². The number of morpholine rings is 1. The Morgan fingerprint density at radius 3 is 2.20 bits per heavy atom. The fourth-order valence-electron chi connectivity index (χ4n) is 6.32. The minimum atomic E-state index is -5.08. The Labute approximate surface area is 345 Å². The number of aliphatic carboxylic acids is 2. The van der Waals surface area contributed by atoms with Gasteiger partial charge in [0.25, 0.3) is 5.91 Å². The van der Waals surface area contributed by atoms with Gasteiger partial charge in [-0.3, -0.25) is 14.5 Å². The number of carbonyl (C=O) groups is 3. The largest absolute Gasteiger partial charge is 0.506 e. The fourth-order valence-corrected chi connectivity index (χ4v) is 8.18. The van der Waals surface area contributed by atoms with Crippen LogP contribution in [0.25, 0.3) is 10.2 Å². The van der Waals surface area contributed by atoms with E-state index in [-0.39, 0.29) is 40.4 Å². The summed E-state index contributed by atoms with van der Waals surface area (Å²) in [5.74, 6) is -5.55. The van der Waals surface area contributed by atoms with Crippen molar-refractivity contribution in [2.75, 3.05) is 45.9 Å². The van der Waals surface area contributed by atoms with Crippen LogP contribution in [-0.4, -0.2) is 122 Å². The number of piperidine rings is 1. The maximum absolute atomic E-state index is 14.6. The van der Waals surface area contributed by atoms with Crippen molar-refractivity contribution in [1.29, 1.82) is 0 Å². The lowest BCUT2D eigenvalue weighted by molar-refractivity contribution is -0.193. The molecule has 0 aliphatic carbocycles. The molecule has 2 aliphatic heterocycles. The van der Waals surface area contributed by atoms with Crippen molar-refractivity contribution in [3.63, 3.8) is 0 Å². The van der Waals surface area contributed by atoms with Gasteiger partial charge in [-0.1, -0.05) is 37.3 Å². The number of carboxylic acids is 2. The van der Waals surface area contributed by atoms with Crippen molar-refractivity contribution in [1.82, 2.24) is 25.1 Å². The van der Waals surface area contributed by atoms with Crippen LogP contribution in [0, 0.1) is 5.82 Å². The van der Waals surface area contributed by atoms with Gasteiger partial charge in [0.15, 0.2) is 5.01 Å². The first-order chi connectivity index (χ1) is 28.0. The van der Waals surface area contributed by atoms with E-state index < -0.39 is 30.4 Å². The van der Waals surface area contributed by atoms with E-state index in [1.807, 2.05) is 16.3 Å². The van der Waals surface area contributed by atoms with Crippen LogP contribution in [0.15, 0.2) is 40.5 Å². The summed E-state index contributed by atoms with van der Waals surface area (Å²) in [6, 6.07) is 8.24. The predicted octanol–water partition coefficient (Wildman–Crippen LogP) is 5.65. The normalized spacial score (nSPS) is 16.2. The number of fused-ring (bicyclic) bond motifs is 1. The molecule has 2 aliphatic rings. The number of ether oxygens (including phenoxy) is 1. The summed E-state index contributed by atoms with van der Waals surface area (Å²) in [5.41, 5.74) is 3.26. The van der Waals surface area contributed by atoms with Crippen molar-refractivity contribution >= 4 is 50.7 Å². The van der Waals surface area contributed by atoms with E-state index in [2.05, 4.69) is 34.0 Å². The number of hydrogen-bond donors (Lipinski definition) is 6. The third-order valence-corrected chi connectivity index (χ3v) is 11.2. The molecular weight excluding hydrogens is 856 g/mol. The number of halogens is 7. The molecule has 23 heteroatoms. The van der Waals surface area contributed by atoms with Gasteiger partial charge in [0.1, 0.15) is 17.1 Å². The van der Waals surface area contributed by atoms with Crippen LogP contribution < -0.4 is 10.2 Å². The molecule has 6 rings (SSSR count). The third-order valence-electron chi connectivity index (χ3n) is 9.38. The molecule has 2 fully saturated rings. The zero-order valence-electron chi connectivity index (χ0n) is 32.0. The van der Waals surface area contributed by atoms with E-state index >= 15 is 0 Å². The molecule has 1 amide bonds. The SMILES string of the molecule is CC(C)c1csc(C(=O)N2CCOC3(CCN(Cc4cc(F)cc(CCNC[C@H](O)c5ccc(O)c6[nH]c(=O)sc56)c4)CC3)C2)n1.O=C(O)C(F)(F)F.O=C(O)C(F)(F)F. The van der Waals surface area contributed by atoms with Crippen LogP contribution in [0.3, 0.4) is 0 Å². The minimum absolute atomic E-state index is 0.0186. The Morgan fingerprint density at radius 1 is 1.00 bits per heavy atom. The number of hydrogen-bond acceptors (Lipinski definition) is 12. The molecule has 2 saturated heterocycles. The highest BCUT2D eigenvalue weighted by Crippen LogP contribution is 2.33. The number of carbonyl (C=O) groups excluding carboxylic acids is 1. The molecule has 0 radical (unpaired) electrons. The third kappa shape index (κ3) is 13.4. The second kappa shape index (κ2) is 20.3. The van der Waals surface area contributed by atoms with Crippen LogP contribution in [0.5, 0.6) is 5.75 Å². The second-order valence-electron chi connectivity index (χ2n) is 14.2. The molecular formula is C37H42F7N5O9S2. The maximum atomic E-state index is 14.6. The van der Waals surface area contributed by atoms with E-state index in [0.29, 0.717) is 60.0 Å². The monoisotopic (exact) mass is 897 g/mol. The van der Waals surface area contributed by atoms with Gasteiger partial charge in [0.05, 0.1) is 35.3 Å². The van der Waals surface area contributed by atoms with Crippen molar-refractivity contribution in [3.05, 3.63) is 78.6 Å². The molecule has 4 aromatic rings. The lowest BCUT2D eigenvalue weighted by Crippen LogP contribution is -2.57. The standard InChI is InChI=1S/C33H40FN5O5S2.2C2HF3O2/c1-20(2)25-18-45-30(36-25)31(42)39-11-12-44-33(19-39)6-9-38(10-7-33)17-22-13-21(14-23(34)15-22)5-8-35-16-27(41)24-3-4-26(40)28-29(24)46-32(43)37-28;2*3-2(4,5)1(6)7/h3-4,13-15,18,20,27,35,40-41H,5-12,16-17,19H2,1-2H3,(H,37,43);2*(H,6,7)/t27-;;/m0../s1. The van der Waals surface area contributed by atoms with Gasteiger partial charge in [-0.15, -0.1) is 11.3 Å². The molecule has 330 valence electrons. The van der Waals surface area contributed by atoms with Gasteiger partial charge >= 0.3 is 29.2 Å². The summed E-state index contributed by atoms with van der Waals surface area (Å²) < 4.78 is 84.9. The van der Waals surface area contributed by atoms with Crippen LogP contribution in [0.4, 0.5) is 30.7 Å². The molecule has 0 bridgehead atoms. The first kappa shape index (κ1) is 48.0. The highest BCUT2D eigenvalue weighted by atomic mass is 32.1. The Balaban J connectivity index is 0.000000488. The van der Waals surface area contributed by atoms with Gasteiger partial charge in [0, 0.05) is 43.7 Å². The number of H-pyrrole nitrogens is 1. The molecule has 2 aromatic carbocycles. The number of thiazole rings is 2. The quantitative estimate of drug-likeness (QED) is 0.0844. The number of nitrogens with one attached hydrogen (secondary N) is 2. The predicted molar refractivity (Wildman–Crippen MR) is 205 cm³/mol. The summed E-state index contributed by atoms with van der Waals surface area (Å²) in [5, 5.41) is 40.7. The Bertz CT molecular complexity index is 2140. The number of phenols is 1. The number of aliphatic hydroxyl groups is 1. The van der Waals surface area contributed by atoms with E-state index in [4.69, 9.17) is 24.5 Å². The van der Waals surface area contributed by atoms with Crippen LogP contribution in [0.1, 0.15) is 70.9 Å². The number of amides is 1. The summed E-state index contributed by atoms with van der Waals surface area (Å²) in [6.45, 7) is 8.78. The van der Waals surface area contributed by atoms with E-state index in [1.54, 1.807) is 18.2 Å². The van der Waals surface area contributed by atoms with E-state index in [1.165, 1.54) is 17.4 Å². The molecule has 1 spiro atoms. The highest BCUT2D eigenvalue weighted by molar-refractivity contribution is 7.16. The molecule has 0 saturated carbocycles. The molecule has 2 aromatic heterocycles. The highest BCUT2D eigenvalue weighted by Gasteiger charge is 2.42. The Morgan fingerprint density at radius 2 is 1.62 bits per heavy atom. The Kier molecular flexibility index (Phi) is 16.2. The number of benzene rings is 2. The maximum Gasteiger partial charge on any atom is 0.490 e. The number of aliphatic hydroxyl groups excluding tert-OH is 1. The summed E-state index contributed by atoms with van der Waals surface area (Å²) in [6.07, 6.45) is -8.86. The van der Waals surface area contributed by atoms with Gasteiger partial charge in [-0.25, -0.2) is 19.0 Å². The van der Waals surface area contributed by atoms with Crippen molar-refractivity contribution < 1.29 is 70.3 Å². The number of rotatable bonds is 10. The lowest BCUT2D eigenvalue weighted by Gasteiger charge is -2.47.